The lowest BCUT2D eigenvalue weighted by atomic mass is 9.72. The minimum absolute atomic E-state index is 0.200. The number of carbonyl (C=O) groups is 1. The fourth-order valence-electron chi connectivity index (χ4n) is 3.29. The third-order valence-corrected chi connectivity index (χ3v) is 4.60. The van der Waals surface area contributed by atoms with Crippen molar-refractivity contribution in [1.82, 2.24) is 4.90 Å². The fourth-order valence-corrected chi connectivity index (χ4v) is 3.42. The van der Waals surface area contributed by atoms with Gasteiger partial charge in [-0.05, 0) is 56.1 Å². The molecule has 1 atom stereocenters. The molecule has 3 aliphatic rings. The number of carboxylic acids is 1. The van der Waals surface area contributed by atoms with Crippen molar-refractivity contribution in [1.29, 1.82) is 0 Å². The van der Waals surface area contributed by atoms with Crippen molar-refractivity contribution in [2.75, 3.05) is 25.0 Å². The van der Waals surface area contributed by atoms with Crippen LogP contribution in [0.1, 0.15) is 12.8 Å². The maximum atomic E-state index is 11.8. The van der Waals surface area contributed by atoms with Gasteiger partial charge in [-0.3, -0.25) is 0 Å². The number of carboxylic acid groups (broad SMARTS) is 1. The molecular weight excluding hydrogens is 264 g/mol. The van der Waals surface area contributed by atoms with Gasteiger partial charge in [0.05, 0.1) is 0 Å². The number of piperidine rings is 3. The molecule has 2 bridgehead atoms. The SMILES string of the molecule is O=C(O)C1(Nc2ccc(Cl)cc2)CN2CCC1CC2. The zero-order chi connectivity index (χ0) is 13.5. The second-order valence-electron chi connectivity index (χ2n) is 5.46. The van der Waals surface area contributed by atoms with Crippen LogP contribution < -0.4 is 5.32 Å². The number of nitrogens with one attached hydrogen (secondary N) is 1. The Balaban J connectivity index is 1.89. The van der Waals surface area contributed by atoms with Crippen molar-refractivity contribution in [3.63, 3.8) is 0 Å². The summed E-state index contributed by atoms with van der Waals surface area (Å²) in [7, 11) is 0. The summed E-state index contributed by atoms with van der Waals surface area (Å²) in [6.45, 7) is 2.61. The minimum atomic E-state index is -0.857. The maximum absolute atomic E-state index is 11.8. The Bertz CT molecular complexity index is 483. The number of rotatable bonds is 3. The van der Waals surface area contributed by atoms with Crippen LogP contribution in [0.5, 0.6) is 0 Å². The van der Waals surface area contributed by atoms with Crippen molar-refractivity contribution in [2.24, 2.45) is 5.92 Å². The van der Waals surface area contributed by atoms with Gasteiger partial charge in [-0.25, -0.2) is 4.79 Å². The zero-order valence-electron chi connectivity index (χ0n) is 10.6. The van der Waals surface area contributed by atoms with Crippen molar-refractivity contribution >= 4 is 23.3 Å². The highest BCUT2D eigenvalue weighted by Crippen LogP contribution is 2.38. The van der Waals surface area contributed by atoms with Gasteiger partial charge in [0, 0.05) is 17.3 Å². The lowest BCUT2D eigenvalue weighted by molar-refractivity contribution is -0.149. The van der Waals surface area contributed by atoms with E-state index in [4.69, 9.17) is 11.6 Å². The van der Waals surface area contributed by atoms with Crippen molar-refractivity contribution in [3.8, 4) is 0 Å². The molecule has 5 heteroatoms. The summed E-state index contributed by atoms with van der Waals surface area (Å²) in [5, 5.41) is 13.6. The van der Waals surface area contributed by atoms with E-state index in [1.165, 1.54) is 0 Å². The molecule has 0 aromatic heterocycles. The first kappa shape index (κ1) is 12.8. The first-order valence-electron chi connectivity index (χ1n) is 6.60. The van der Waals surface area contributed by atoms with Gasteiger partial charge in [0.25, 0.3) is 0 Å². The molecule has 0 amide bonds. The van der Waals surface area contributed by atoms with E-state index < -0.39 is 11.5 Å². The molecule has 2 N–H and O–H groups in total. The average molecular weight is 281 g/mol. The Morgan fingerprint density at radius 1 is 1.32 bits per heavy atom. The van der Waals surface area contributed by atoms with E-state index in [9.17, 15) is 9.90 Å². The smallest absolute Gasteiger partial charge is 0.330 e. The Labute approximate surface area is 117 Å². The van der Waals surface area contributed by atoms with Crippen LogP contribution in [0.4, 0.5) is 5.69 Å². The highest BCUT2D eigenvalue weighted by molar-refractivity contribution is 6.30. The average Bonchev–Trinajstić information content (AvgIpc) is 2.42. The van der Waals surface area contributed by atoms with Gasteiger partial charge >= 0.3 is 5.97 Å². The third-order valence-electron chi connectivity index (χ3n) is 4.35. The lowest BCUT2D eigenvalue weighted by Gasteiger charge is -2.51. The lowest BCUT2D eigenvalue weighted by Crippen LogP contribution is -2.66. The van der Waals surface area contributed by atoms with Crippen LogP contribution in [-0.4, -0.2) is 41.1 Å². The molecule has 0 aliphatic carbocycles. The van der Waals surface area contributed by atoms with E-state index in [2.05, 4.69) is 10.2 Å². The first-order chi connectivity index (χ1) is 9.10. The minimum Gasteiger partial charge on any atom is -0.479 e. The maximum Gasteiger partial charge on any atom is 0.330 e. The fraction of sp³-hybridized carbons (Fsp3) is 0.500. The molecule has 1 aromatic carbocycles. The molecule has 1 unspecified atom stereocenters. The van der Waals surface area contributed by atoms with E-state index in [0.717, 1.165) is 31.6 Å². The van der Waals surface area contributed by atoms with Crippen LogP contribution in [0, 0.1) is 5.92 Å². The highest BCUT2D eigenvalue weighted by atomic mass is 35.5. The van der Waals surface area contributed by atoms with Crippen molar-refractivity contribution < 1.29 is 9.90 Å². The molecule has 0 saturated carbocycles. The molecule has 19 heavy (non-hydrogen) atoms. The van der Waals surface area contributed by atoms with Crippen molar-refractivity contribution in [2.45, 2.75) is 18.4 Å². The Morgan fingerprint density at radius 2 is 1.95 bits per heavy atom. The van der Waals surface area contributed by atoms with Crippen LogP contribution in [0.25, 0.3) is 0 Å². The highest BCUT2D eigenvalue weighted by Gasteiger charge is 2.52. The number of hydrogen-bond acceptors (Lipinski definition) is 3. The number of halogens is 1. The van der Waals surface area contributed by atoms with Crippen LogP contribution in [-0.2, 0) is 4.79 Å². The summed E-state index contributed by atoms with van der Waals surface area (Å²) < 4.78 is 0. The molecule has 3 saturated heterocycles. The molecule has 0 spiro atoms. The number of benzene rings is 1. The molecule has 102 valence electrons. The summed E-state index contributed by atoms with van der Waals surface area (Å²) in [4.78, 5) is 14.1. The molecule has 3 aliphatic heterocycles. The van der Waals surface area contributed by atoms with Gasteiger partial charge in [0.2, 0.25) is 0 Å². The van der Waals surface area contributed by atoms with Crippen LogP contribution in [0.2, 0.25) is 5.02 Å². The van der Waals surface area contributed by atoms with E-state index >= 15 is 0 Å². The zero-order valence-corrected chi connectivity index (χ0v) is 11.4. The summed E-state index contributed by atoms with van der Waals surface area (Å²) in [6, 6.07) is 7.23. The van der Waals surface area contributed by atoms with Gasteiger partial charge in [0.15, 0.2) is 5.54 Å². The molecular formula is C14H17ClN2O2. The van der Waals surface area contributed by atoms with Crippen LogP contribution >= 0.6 is 11.6 Å². The normalized spacial score (nSPS) is 33.1. The largest absolute Gasteiger partial charge is 0.479 e. The van der Waals surface area contributed by atoms with Crippen molar-refractivity contribution in [3.05, 3.63) is 29.3 Å². The van der Waals surface area contributed by atoms with E-state index in [-0.39, 0.29) is 5.92 Å². The Morgan fingerprint density at radius 3 is 2.42 bits per heavy atom. The molecule has 4 nitrogen and oxygen atoms in total. The third kappa shape index (κ3) is 2.19. The summed E-state index contributed by atoms with van der Waals surface area (Å²) in [5.74, 6) is -0.553. The summed E-state index contributed by atoms with van der Waals surface area (Å²) >= 11 is 5.86. The Kier molecular flexibility index (Phi) is 3.15. The predicted molar refractivity (Wildman–Crippen MR) is 74.6 cm³/mol. The molecule has 4 rings (SSSR count). The van der Waals surface area contributed by atoms with Gasteiger partial charge in [-0.1, -0.05) is 11.6 Å². The van der Waals surface area contributed by atoms with Gasteiger partial charge in [0.1, 0.15) is 0 Å². The molecule has 3 heterocycles. The standard InChI is InChI=1S/C14H17ClN2O2/c15-11-1-3-12(4-2-11)16-14(13(18)19)9-17-7-5-10(14)6-8-17/h1-4,10,16H,5-9H2,(H,18,19). The topological polar surface area (TPSA) is 52.6 Å². The number of aliphatic carboxylic acids is 1. The second kappa shape index (κ2) is 4.69. The van der Waals surface area contributed by atoms with E-state index in [1.54, 1.807) is 12.1 Å². The quantitative estimate of drug-likeness (QED) is 0.892. The molecule has 0 radical (unpaired) electrons. The number of nitrogens with zero attached hydrogens (tertiary/aromatic N) is 1. The Hall–Kier alpha value is -1.26. The first-order valence-corrected chi connectivity index (χ1v) is 6.97. The van der Waals surface area contributed by atoms with E-state index in [1.807, 2.05) is 12.1 Å². The van der Waals surface area contributed by atoms with Crippen LogP contribution in [0.15, 0.2) is 24.3 Å². The van der Waals surface area contributed by atoms with E-state index in [0.29, 0.717) is 11.6 Å². The number of anilines is 1. The monoisotopic (exact) mass is 280 g/mol. The second-order valence-corrected chi connectivity index (χ2v) is 5.90. The molecule has 1 aromatic rings. The number of fused-ring (bicyclic) bond motifs is 3. The van der Waals surface area contributed by atoms with Gasteiger partial charge < -0.3 is 15.3 Å². The van der Waals surface area contributed by atoms with Gasteiger partial charge in [-0.15, -0.1) is 0 Å². The summed E-state index contributed by atoms with van der Waals surface area (Å²) in [5.41, 5.74) is -0.0369. The molecule has 3 fully saturated rings. The van der Waals surface area contributed by atoms with Crippen LogP contribution in [0.3, 0.4) is 0 Å². The summed E-state index contributed by atoms with van der Waals surface area (Å²) in [6.07, 6.45) is 1.90. The number of hydrogen-bond donors (Lipinski definition) is 2. The van der Waals surface area contributed by atoms with Gasteiger partial charge in [-0.2, -0.15) is 0 Å². The predicted octanol–water partition coefficient (Wildman–Crippen LogP) is 2.30.